The predicted molar refractivity (Wildman–Crippen MR) is 118 cm³/mol. The first-order chi connectivity index (χ1) is 14.9. The van der Waals surface area contributed by atoms with Crippen molar-refractivity contribution < 1.29 is 18.0 Å². The van der Waals surface area contributed by atoms with Gasteiger partial charge in [0.2, 0.25) is 10.0 Å². The summed E-state index contributed by atoms with van der Waals surface area (Å²) in [5.41, 5.74) is 2.00. The van der Waals surface area contributed by atoms with Gasteiger partial charge in [-0.1, -0.05) is 6.42 Å². The number of ketones is 1. The van der Waals surface area contributed by atoms with Crippen LogP contribution < -0.4 is 4.90 Å². The lowest BCUT2D eigenvalue weighted by Crippen LogP contribution is -2.48. The van der Waals surface area contributed by atoms with Gasteiger partial charge in [-0.2, -0.15) is 4.31 Å². The minimum absolute atomic E-state index is 0.0367. The van der Waals surface area contributed by atoms with Crippen LogP contribution in [0.3, 0.4) is 0 Å². The molecule has 2 aliphatic heterocycles. The third kappa shape index (κ3) is 4.52. The molecule has 0 radical (unpaired) electrons. The molecule has 3 heterocycles. The van der Waals surface area contributed by atoms with E-state index < -0.39 is 10.0 Å². The number of hydrogen-bond donors (Lipinski definition) is 1. The Balaban J connectivity index is 1.38. The van der Waals surface area contributed by atoms with Gasteiger partial charge in [-0.3, -0.25) is 9.59 Å². The molecular weight excluding hydrogens is 416 g/mol. The number of nitrogens with zero attached hydrogens (tertiary/aromatic N) is 3. The van der Waals surface area contributed by atoms with Gasteiger partial charge in [-0.25, -0.2) is 8.42 Å². The van der Waals surface area contributed by atoms with E-state index in [4.69, 9.17) is 0 Å². The van der Waals surface area contributed by atoms with Gasteiger partial charge in [-0.05, 0) is 50.1 Å². The molecule has 31 heavy (non-hydrogen) atoms. The molecule has 0 saturated carbocycles. The Hall–Kier alpha value is -2.65. The fraction of sp³-hybridized carbons (Fsp3) is 0.455. The zero-order chi connectivity index (χ0) is 22.0. The van der Waals surface area contributed by atoms with E-state index in [0.29, 0.717) is 50.5 Å². The van der Waals surface area contributed by atoms with Gasteiger partial charge in [-0.15, -0.1) is 0 Å². The maximum atomic E-state index is 12.9. The van der Waals surface area contributed by atoms with Crippen LogP contribution in [-0.2, 0) is 10.0 Å². The lowest BCUT2D eigenvalue weighted by atomic mass is 10.1. The largest absolute Gasteiger partial charge is 0.368 e. The van der Waals surface area contributed by atoms with Crippen LogP contribution in [0.2, 0.25) is 0 Å². The van der Waals surface area contributed by atoms with Gasteiger partial charge in [0, 0.05) is 56.7 Å². The molecule has 9 heteroatoms. The summed E-state index contributed by atoms with van der Waals surface area (Å²) < 4.78 is 27.1. The molecule has 4 rings (SSSR count). The maximum absolute atomic E-state index is 12.9. The monoisotopic (exact) mass is 444 g/mol. The van der Waals surface area contributed by atoms with Crippen LogP contribution in [-0.4, -0.2) is 73.6 Å². The van der Waals surface area contributed by atoms with Gasteiger partial charge in [0.1, 0.15) is 10.6 Å². The van der Waals surface area contributed by atoms with E-state index in [9.17, 15) is 18.0 Å². The van der Waals surface area contributed by atoms with Crippen LogP contribution in [0.25, 0.3) is 0 Å². The Morgan fingerprint density at radius 1 is 0.903 bits per heavy atom. The average molecular weight is 445 g/mol. The lowest BCUT2D eigenvalue weighted by molar-refractivity contribution is 0.0741. The number of piperidine rings is 1. The Morgan fingerprint density at radius 2 is 1.55 bits per heavy atom. The van der Waals surface area contributed by atoms with Gasteiger partial charge >= 0.3 is 0 Å². The van der Waals surface area contributed by atoms with Crippen molar-refractivity contribution in [3.05, 3.63) is 47.8 Å². The summed E-state index contributed by atoms with van der Waals surface area (Å²) in [6.07, 6.45) is 4.22. The number of H-pyrrole nitrogens is 1. The minimum Gasteiger partial charge on any atom is -0.368 e. The zero-order valence-electron chi connectivity index (χ0n) is 17.7. The maximum Gasteiger partial charge on any atom is 0.270 e. The normalized spacial score (nSPS) is 18.2. The first-order valence-electron chi connectivity index (χ1n) is 10.7. The van der Waals surface area contributed by atoms with Crippen molar-refractivity contribution in [1.82, 2.24) is 14.2 Å². The molecule has 2 saturated heterocycles. The Kier molecular flexibility index (Phi) is 6.15. The fourth-order valence-corrected chi connectivity index (χ4v) is 5.66. The first kappa shape index (κ1) is 21.6. The van der Waals surface area contributed by atoms with Crippen LogP contribution >= 0.6 is 0 Å². The molecule has 0 spiro atoms. The number of piperazine rings is 1. The Labute approximate surface area is 182 Å². The molecule has 166 valence electrons. The summed E-state index contributed by atoms with van der Waals surface area (Å²) in [7, 11) is -3.56. The number of aromatic nitrogens is 1. The number of sulfonamides is 1. The van der Waals surface area contributed by atoms with Crippen molar-refractivity contribution in [2.45, 2.75) is 31.1 Å². The zero-order valence-corrected chi connectivity index (χ0v) is 18.5. The third-order valence-electron chi connectivity index (χ3n) is 6.05. The number of aromatic amines is 1. The van der Waals surface area contributed by atoms with Crippen LogP contribution in [0.5, 0.6) is 0 Å². The number of carbonyl (C=O) groups excluding carboxylic acids is 2. The molecule has 2 aromatic rings. The van der Waals surface area contributed by atoms with E-state index in [-0.39, 0.29) is 16.6 Å². The summed E-state index contributed by atoms with van der Waals surface area (Å²) in [6.45, 7) is 5.04. The number of carbonyl (C=O) groups is 2. The van der Waals surface area contributed by atoms with Crippen molar-refractivity contribution in [3.63, 3.8) is 0 Å². The van der Waals surface area contributed by atoms with Crippen molar-refractivity contribution >= 4 is 27.4 Å². The lowest BCUT2D eigenvalue weighted by Gasteiger charge is -2.36. The molecule has 2 fully saturated rings. The minimum atomic E-state index is -3.56. The molecular formula is C22H28N4O4S. The van der Waals surface area contributed by atoms with Crippen LogP contribution in [0, 0.1) is 0 Å². The second-order valence-electron chi connectivity index (χ2n) is 8.10. The highest BCUT2D eigenvalue weighted by Crippen LogP contribution is 2.23. The number of rotatable bonds is 5. The summed E-state index contributed by atoms with van der Waals surface area (Å²) in [5.74, 6) is -0.152. The Morgan fingerprint density at radius 3 is 2.16 bits per heavy atom. The smallest absolute Gasteiger partial charge is 0.270 e. The van der Waals surface area contributed by atoms with E-state index in [1.54, 1.807) is 11.8 Å². The van der Waals surface area contributed by atoms with Gasteiger partial charge in [0.05, 0.1) is 0 Å². The molecule has 1 aromatic carbocycles. The number of amides is 1. The predicted octanol–water partition coefficient (Wildman–Crippen LogP) is 2.35. The van der Waals surface area contributed by atoms with Gasteiger partial charge in [0.15, 0.2) is 5.78 Å². The second kappa shape index (κ2) is 8.84. The van der Waals surface area contributed by atoms with Crippen molar-refractivity contribution in [2.24, 2.45) is 0 Å². The molecule has 2 aliphatic rings. The second-order valence-corrected chi connectivity index (χ2v) is 10.0. The van der Waals surface area contributed by atoms with E-state index in [1.807, 2.05) is 24.3 Å². The van der Waals surface area contributed by atoms with Crippen LogP contribution in [0.1, 0.15) is 47.0 Å². The summed E-state index contributed by atoms with van der Waals surface area (Å²) in [4.78, 5) is 31.3. The SMILES string of the molecule is CC(=O)c1ccc(N2CCN(C(=O)c3cc(S(=O)(=O)N4CCCCC4)c[nH]3)CC2)cc1. The van der Waals surface area contributed by atoms with E-state index in [0.717, 1.165) is 24.9 Å². The molecule has 1 amide bonds. The molecule has 1 aromatic heterocycles. The van der Waals surface area contributed by atoms with Crippen molar-refractivity contribution in [2.75, 3.05) is 44.2 Å². The highest BCUT2D eigenvalue weighted by atomic mass is 32.2. The third-order valence-corrected chi connectivity index (χ3v) is 7.92. The summed E-state index contributed by atoms with van der Waals surface area (Å²) in [5, 5.41) is 0. The van der Waals surface area contributed by atoms with E-state index in [2.05, 4.69) is 9.88 Å². The number of hydrogen-bond acceptors (Lipinski definition) is 5. The highest BCUT2D eigenvalue weighted by molar-refractivity contribution is 7.89. The number of Topliss-reactive ketones (excluding diaryl/α,β-unsaturated/α-hetero) is 1. The molecule has 0 bridgehead atoms. The number of anilines is 1. The molecule has 8 nitrogen and oxygen atoms in total. The van der Waals surface area contributed by atoms with Crippen LogP contribution in [0.15, 0.2) is 41.4 Å². The van der Waals surface area contributed by atoms with Crippen LogP contribution in [0.4, 0.5) is 5.69 Å². The topological polar surface area (TPSA) is 93.8 Å². The standard InChI is InChI=1S/C22H28N4O4S/c1-17(27)18-5-7-19(8-6-18)24-11-13-25(14-12-24)22(28)21-15-20(16-23-21)31(29,30)26-9-3-2-4-10-26/h5-8,15-16,23H,2-4,9-14H2,1H3. The Bertz CT molecular complexity index is 1050. The fourth-order valence-electron chi connectivity index (χ4n) is 4.15. The van der Waals surface area contributed by atoms with Gasteiger partial charge < -0.3 is 14.8 Å². The van der Waals surface area contributed by atoms with Gasteiger partial charge in [0.25, 0.3) is 5.91 Å². The highest BCUT2D eigenvalue weighted by Gasteiger charge is 2.29. The molecule has 1 N–H and O–H groups in total. The first-order valence-corrected chi connectivity index (χ1v) is 12.1. The number of benzene rings is 1. The number of nitrogens with one attached hydrogen (secondary N) is 1. The summed E-state index contributed by atoms with van der Waals surface area (Å²) in [6, 6.07) is 8.95. The molecule has 0 unspecified atom stereocenters. The molecule has 0 atom stereocenters. The summed E-state index contributed by atoms with van der Waals surface area (Å²) >= 11 is 0. The van der Waals surface area contributed by atoms with E-state index in [1.165, 1.54) is 16.6 Å². The van der Waals surface area contributed by atoms with Crippen molar-refractivity contribution in [1.29, 1.82) is 0 Å². The average Bonchev–Trinajstić information content (AvgIpc) is 3.31. The van der Waals surface area contributed by atoms with Crippen molar-refractivity contribution in [3.8, 4) is 0 Å². The van der Waals surface area contributed by atoms with E-state index >= 15 is 0 Å². The molecule has 0 aliphatic carbocycles. The quantitative estimate of drug-likeness (QED) is 0.715.